The summed E-state index contributed by atoms with van der Waals surface area (Å²) in [7, 11) is 0. The second-order valence-corrected chi connectivity index (χ2v) is 5.18. The fourth-order valence-corrected chi connectivity index (χ4v) is 1.96. The van der Waals surface area contributed by atoms with Crippen LogP contribution >= 0.6 is 12.6 Å². The number of nitrogens with one attached hydrogen (secondary N) is 1. The van der Waals surface area contributed by atoms with Gasteiger partial charge in [0, 0.05) is 23.8 Å². The smallest absolute Gasteiger partial charge is 0.273 e. The van der Waals surface area contributed by atoms with Gasteiger partial charge in [-0.1, -0.05) is 32.0 Å². The van der Waals surface area contributed by atoms with Crippen LogP contribution in [0.4, 0.5) is 0 Å². The van der Waals surface area contributed by atoms with Gasteiger partial charge in [0.25, 0.3) is 5.91 Å². The van der Waals surface area contributed by atoms with Gasteiger partial charge in [0.1, 0.15) is 5.76 Å². The first-order valence-electron chi connectivity index (χ1n) is 6.58. The topological polar surface area (TPSA) is 55.1 Å². The van der Waals surface area contributed by atoms with Gasteiger partial charge in [0.2, 0.25) is 5.89 Å². The van der Waals surface area contributed by atoms with E-state index < -0.39 is 0 Å². The molecule has 2 rings (SSSR count). The average Bonchev–Trinajstić information content (AvgIpc) is 2.91. The molecule has 4 nitrogen and oxygen atoms in total. The molecule has 1 N–H and O–H groups in total. The van der Waals surface area contributed by atoms with Crippen LogP contribution < -0.4 is 5.32 Å². The quantitative estimate of drug-likeness (QED) is 0.832. The molecule has 0 aliphatic carbocycles. The standard InChI is InChI=1S/C15H18N2O2S/c1-10(2)13-12(14(18)16-8-9-20)17-15(19-13)11-6-4-3-5-7-11/h3-7,10,20H,8-9H2,1-2H3,(H,16,18). The van der Waals surface area contributed by atoms with E-state index in [0.29, 0.717) is 29.6 Å². The molecule has 1 amide bonds. The van der Waals surface area contributed by atoms with E-state index in [1.807, 2.05) is 44.2 Å². The van der Waals surface area contributed by atoms with Crippen LogP contribution in [0.5, 0.6) is 0 Å². The molecule has 106 valence electrons. The third kappa shape index (κ3) is 3.22. The highest BCUT2D eigenvalue weighted by Gasteiger charge is 2.22. The predicted molar refractivity (Wildman–Crippen MR) is 82.2 cm³/mol. The van der Waals surface area contributed by atoms with Gasteiger partial charge in [0.05, 0.1) is 0 Å². The van der Waals surface area contributed by atoms with Crippen LogP contribution in [0.15, 0.2) is 34.7 Å². The first-order chi connectivity index (χ1) is 9.63. The summed E-state index contributed by atoms with van der Waals surface area (Å²) < 4.78 is 5.77. The molecule has 0 atom stereocenters. The first kappa shape index (κ1) is 14.7. The van der Waals surface area contributed by atoms with Crippen LogP contribution in [0.25, 0.3) is 11.5 Å². The van der Waals surface area contributed by atoms with Crippen molar-refractivity contribution in [1.82, 2.24) is 10.3 Å². The zero-order valence-electron chi connectivity index (χ0n) is 11.6. The lowest BCUT2D eigenvalue weighted by molar-refractivity contribution is 0.0949. The van der Waals surface area contributed by atoms with Crippen molar-refractivity contribution in [2.24, 2.45) is 0 Å². The van der Waals surface area contributed by atoms with Gasteiger partial charge < -0.3 is 9.73 Å². The Bertz CT molecular complexity index is 579. The molecule has 0 radical (unpaired) electrons. The molecule has 0 fully saturated rings. The number of nitrogens with zero attached hydrogens (tertiary/aromatic N) is 1. The van der Waals surface area contributed by atoms with Crippen molar-refractivity contribution in [3.8, 4) is 11.5 Å². The number of hydrogen-bond donors (Lipinski definition) is 2. The number of aromatic nitrogens is 1. The van der Waals surface area contributed by atoms with E-state index in [9.17, 15) is 4.79 Å². The third-order valence-corrected chi connectivity index (χ3v) is 3.03. The summed E-state index contributed by atoms with van der Waals surface area (Å²) in [5.41, 5.74) is 1.23. The molecule has 0 unspecified atom stereocenters. The minimum absolute atomic E-state index is 0.0942. The zero-order valence-corrected chi connectivity index (χ0v) is 12.5. The van der Waals surface area contributed by atoms with E-state index in [2.05, 4.69) is 22.9 Å². The summed E-state index contributed by atoms with van der Waals surface area (Å²) in [6.45, 7) is 4.46. The van der Waals surface area contributed by atoms with Crippen molar-refractivity contribution in [1.29, 1.82) is 0 Å². The lowest BCUT2D eigenvalue weighted by atomic mass is 10.1. The summed E-state index contributed by atoms with van der Waals surface area (Å²) in [4.78, 5) is 16.5. The van der Waals surface area contributed by atoms with Crippen molar-refractivity contribution in [2.45, 2.75) is 19.8 Å². The fraction of sp³-hybridized carbons (Fsp3) is 0.333. The molecule has 0 saturated carbocycles. The van der Waals surface area contributed by atoms with Gasteiger partial charge in [0.15, 0.2) is 5.69 Å². The van der Waals surface area contributed by atoms with Crippen LogP contribution in [0, 0.1) is 0 Å². The van der Waals surface area contributed by atoms with Crippen molar-refractivity contribution in [3.63, 3.8) is 0 Å². The second-order valence-electron chi connectivity index (χ2n) is 4.73. The van der Waals surface area contributed by atoms with Gasteiger partial charge in [-0.25, -0.2) is 4.98 Å². The maximum atomic E-state index is 12.1. The van der Waals surface area contributed by atoms with E-state index in [-0.39, 0.29) is 11.8 Å². The summed E-state index contributed by atoms with van der Waals surface area (Å²) in [6.07, 6.45) is 0. The normalized spacial score (nSPS) is 10.8. The molecule has 1 heterocycles. The zero-order chi connectivity index (χ0) is 14.5. The van der Waals surface area contributed by atoms with Gasteiger partial charge in [-0.05, 0) is 12.1 Å². The molecule has 2 aromatic rings. The number of rotatable bonds is 5. The average molecular weight is 290 g/mol. The van der Waals surface area contributed by atoms with Crippen LogP contribution in [-0.4, -0.2) is 23.2 Å². The van der Waals surface area contributed by atoms with E-state index in [1.54, 1.807) is 0 Å². The van der Waals surface area contributed by atoms with E-state index >= 15 is 0 Å². The minimum Gasteiger partial charge on any atom is -0.440 e. The first-order valence-corrected chi connectivity index (χ1v) is 7.22. The van der Waals surface area contributed by atoms with Gasteiger partial charge in [-0.2, -0.15) is 12.6 Å². The lowest BCUT2D eigenvalue weighted by Gasteiger charge is -2.04. The van der Waals surface area contributed by atoms with Gasteiger partial charge in [-0.3, -0.25) is 4.79 Å². The number of thiol groups is 1. The molecule has 0 aliphatic rings. The number of carbonyl (C=O) groups is 1. The second kappa shape index (κ2) is 6.61. The molecule has 5 heteroatoms. The number of hydrogen-bond acceptors (Lipinski definition) is 4. The predicted octanol–water partition coefficient (Wildman–Crippen LogP) is 3.12. The monoisotopic (exact) mass is 290 g/mol. The van der Waals surface area contributed by atoms with E-state index in [0.717, 1.165) is 5.56 Å². The Morgan fingerprint density at radius 3 is 2.65 bits per heavy atom. The maximum Gasteiger partial charge on any atom is 0.273 e. The van der Waals surface area contributed by atoms with Crippen molar-refractivity contribution < 1.29 is 9.21 Å². The Kier molecular flexibility index (Phi) is 4.84. The molecular weight excluding hydrogens is 272 g/mol. The summed E-state index contributed by atoms with van der Waals surface area (Å²) in [5, 5.41) is 2.77. The summed E-state index contributed by atoms with van der Waals surface area (Å²) >= 11 is 4.08. The van der Waals surface area contributed by atoms with Gasteiger partial charge >= 0.3 is 0 Å². The fourth-order valence-electron chi connectivity index (χ4n) is 1.84. The Labute approximate surface area is 124 Å². The molecule has 20 heavy (non-hydrogen) atoms. The molecule has 1 aromatic heterocycles. The number of amides is 1. The molecule has 0 saturated heterocycles. The number of carbonyl (C=O) groups excluding carboxylic acids is 1. The van der Waals surface area contributed by atoms with E-state index in [1.165, 1.54) is 0 Å². The SMILES string of the molecule is CC(C)c1oc(-c2ccccc2)nc1C(=O)NCCS. The highest BCUT2D eigenvalue weighted by molar-refractivity contribution is 7.80. The molecule has 0 aliphatic heterocycles. The third-order valence-electron chi connectivity index (χ3n) is 2.81. The highest BCUT2D eigenvalue weighted by Crippen LogP contribution is 2.26. The maximum absolute atomic E-state index is 12.1. The van der Waals surface area contributed by atoms with Gasteiger partial charge in [-0.15, -0.1) is 0 Å². The van der Waals surface area contributed by atoms with Crippen molar-refractivity contribution in [2.75, 3.05) is 12.3 Å². The lowest BCUT2D eigenvalue weighted by Crippen LogP contribution is -2.26. The Morgan fingerprint density at radius 1 is 1.35 bits per heavy atom. The number of oxazole rings is 1. The van der Waals surface area contributed by atoms with Crippen molar-refractivity contribution >= 4 is 18.5 Å². The number of benzene rings is 1. The van der Waals surface area contributed by atoms with Crippen LogP contribution in [0.1, 0.15) is 36.0 Å². The molecule has 0 bridgehead atoms. The van der Waals surface area contributed by atoms with Crippen LogP contribution in [-0.2, 0) is 0 Å². The van der Waals surface area contributed by atoms with Crippen molar-refractivity contribution in [3.05, 3.63) is 41.8 Å². The van der Waals surface area contributed by atoms with Crippen LogP contribution in [0.2, 0.25) is 0 Å². The molecular formula is C15H18N2O2S. The Morgan fingerprint density at radius 2 is 2.05 bits per heavy atom. The Balaban J connectivity index is 2.36. The minimum atomic E-state index is -0.214. The highest BCUT2D eigenvalue weighted by atomic mass is 32.1. The summed E-state index contributed by atoms with van der Waals surface area (Å²) in [6, 6.07) is 9.57. The summed E-state index contributed by atoms with van der Waals surface area (Å²) in [5.74, 6) is 1.56. The largest absolute Gasteiger partial charge is 0.440 e. The molecule has 1 aromatic carbocycles. The molecule has 0 spiro atoms. The van der Waals surface area contributed by atoms with E-state index in [4.69, 9.17) is 4.42 Å². The Hall–Kier alpha value is -1.75. The van der Waals surface area contributed by atoms with Crippen LogP contribution in [0.3, 0.4) is 0 Å².